The molecule has 0 aromatic carbocycles. The quantitative estimate of drug-likeness (QED) is 0.607. The van der Waals surface area contributed by atoms with Crippen molar-refractivity contribution in [3.05, 3.63) is 17.7 Å². The van der Waals surface area contributed by atoms with Gasteiger partial charge in [0.15, 0.2) is 0 Å². The van der Waals surface area contributed by atoms with E-state index in [1.54, 1.807) is 0 Å². The van der Waals surface area contributed by atoms with E-state index in [-0.39, 0.29) is 0 Å². The summed E-state index contributed by atoms with van der Waals surface area (Å²) in [6.45, 7) is 8.13. The number of imidazole rings is 1. The summed E-state index contributed by atoms with van der Waals surface area (Å²) < 4.78 is 2.04. The summed E-state index contributed by atoms with van der Waals surface area (Å²) in [7, 11) is 2.02. The van der Waals surface area contributed by atoms with Crippen LogP contribution in [-0.2, 0) is 13.5 Å². The molecule has 2 nitrogen and oxygen atoms in total. The number of nitrogens with zero attached hydrogens (tertiary/aromatic N) is 2. The van der Waals surface area contributed by atoms with Gasteiger partial charge >= 0.3 is 0 Å². The minimum atomic E-state index is 1.03. The second-order valence-electron chi connectivity index (χ2n) is 2.24. The summed E-state index contributed by atoms with van der Waals surface area (Å²) in [4.78, 5) is 4.29. The first-order valence-electron chi connectivity index (χ1n) is 4.23. The molecular weight excluding hydrogens is 136 g/mol. The Balaban J connectivity index is 0.000000461. The van der Waals surface area contributed by atoms with Crippen LogP contribution in [-0.4, -0.2) is 9.55 Å². The molecule has 0 radical (unpaired) electrons. The smallest absolute Gasteiger partial charge is 0.105 e. The van der Waals surface area contributed by atoms with Crippen LogP contribution in [0.1, 0.15) is 32.3 Å². The molecule has 0 aliphatic carbocycles. The predicted molar refractivity (Wildman–Crippen MR) is 48.7 cm³/mol. The van der Waals surface area contributed by atoms with Crippen molar-refractivity contribution in [2.45, 2.75) is 34.1 Å². The van der Waals surface area contributed by atoms with E-state index >= 15 is 0 Å². The fourth-order valence-electron chi connectivity index (χ4n) is 0.803. The van der Waals surface area contributed by atoms with Gasteiger partial charge in [-0.25, -0.2) is 4.98 Å². The second-order valence-corrected chi connectivity index (χ2v) is 2.24. The maximum absolute atomic E-state index is 4.29. The summed E-state index contributed by atoms with van der Waals surface area (Å²) in [6, 6.07) is 0. The van der Waals surface area contributed by atoms with E-state index < -0.39 is 0 Å². The molecule has 1 heterocycles. The Bertz CT molecular complexity index is 182. The van der Waals surface area contributed by atoms with Gasteiger partial charge in [0.05, 0.1) is 5.69 Å². The molecule has 0 fully saturated rings. The van der Waals surface area contributed by atoms with Crippen LogP contribution in [0.25, 0.3) is 0 Å². The summed E-state index contributed by atoms with van der Waals surface area (Å²) in [5.41, 5.74) is 1.18. The van der Waals surface area contributed by atoms with E-state index in [1.165, 1.54) is 5.69 Å². The highest BCUT2D eigenvalue weighted by atomic mass is 15.0. The van der Waals surface area contributed by atoms with Gasteiger partial charge < -0.3 is 4.57 Å². The summed E-state index contributed by atoms with van der Waals surface area (Å²) >= 11 is 0. The second kappa shape index (κ2) is 4.94. The van der Waals surface area contributed by atoms with Crippen LogP contribution in [0.5, 0.6) is 0 Å². The molecule has 11 heavy (non-hydrogen) atoms. The Morgan fingerprint density at radius 1 is 1.45 bits per heavy atom. The average molecular weight is 154 g/mol. The number of hydrogen-bond acceptors (Lipinski definition) is 1. The minimum Gasteiger partial charge on any atom is -0.338 e. The summed E-state index contributed by atoms with van der Waals surface area (Å²) in [6.07, 6.45) is 3.09. The van der Waals surface area contributed by atoms with Crippen LogP contribution in [0, 0.1) is 6.92 Å². The van der Waals surface area contributed by atoms with Crippen LogP contribution in [0.15, 0.2) is 6.20 Å². The zero-order valence-corrected chi connectivity index (χ0v) is 8.18. The molecule has 0 N–H and O–H groups in total. The lowest BCUT2D eigenvalue weighted by atomic mass is 10.4. The fourth-order valence-corrected chi connectivity index (χ4v) is 0.803. The largest absolute Gasteiger partial charge is 0.338 e. The van der Waals surface area contributed by atoms with Crippen LogP contribution in [0.2, 0.25) is 0 Å². The van der Waals surface area contributed by atoms with E-state index in [4.69, 9.17) is 0 Å². The minimum absolute atomic E-state index is 1.03. The molecule has 1 aromatic heterocycles. The van der Waals surface area contributed by atoms with Crippen molar-refractivity contribution in [3.8, 4) is 0 Å². The Hall–Kier alpha value is -0.790. The zero-order chi connectivity index (χ0) is 8.85. The van der Waals surface area contributed by atoms with Crippen molar-refractivity contribution in [2.75, 3.05) is 0 Å². The van der Waals surface area contributed by atoms with E-state index in [0.29, 0.717) is 0 Å². The maximum atomic E-state index is 4.29. The van der Waals surface area contributed by atoms with Gasteiger partial charge in [0.1, 0.15) is 5.82 Å². The molecule has 64 valence electrons. The molecule has 0 amide bonds. The zero-order valence-electron chi connectivity index (χ0n) is 8.18. The molecular formula is C9H18N2. The van der Waals surface area contributed by atoms with Gasteiger partial charge in [-0.1, -0.05) is 20.8 Å². The molecule has 0 spiro atoms. The number of hydrogen-bond donors (Lipinski definition) is 0. The van der Waals surface area contributed by atoms with Gasteiger partial charge in [0, 0.05) is 13.2 Å². The highest BCUT2D eigenvalue weighted by Crippen LogP contribution is 1.98. The third kappa shape index (κ3) is 2.74. The van der Waals surface area contributed by atoms with Gasteiger partial charge in [-0.15, -0.1) is 0 Å². The maximum Gasteiger partial charge on any atom is 0.105 e. The van der Waals surface area contributed by atoms with E-state index in [0.717, 1.165) is 12.2 Å². The van der Waals surface area contributed by atoms with E-state index in [2.05, 4.69) is 18.1 Å². The third-order valence-corrected chi connectivity index (χ3v) is 1.52. The van der Waals surface area contributed by atoms with Crippen molar-refractivity contribution in [3.63, 3.8) is 0 Å². The van der Waals surface area contributed by atoms with Gasteiger partial charge in [0.2, 0.25) is 0 Å². The highest BCUT2D eigenvalue weighted by molar-refractivity contribution is 5.01. The molecule has 0 aliphatic rings. The Morgan fingerprint density at radius 3 is 2.18 bits per heavy atom. The normalized spacial score (nSPS) is 8.82. The van der Waals surface area contributed by atoms with Crippen molar-refractivity contribution < 1.29 is 0 Å². The fraction of sp³-hybridized carbons (Fsp3) is 0.667. The first-order chi connectivity index (χ1) is 5.24. The number of rotatable bonds is 1. The van der Waals surface area contributed by atoms with Crippen LogP contribution < -0.4 is 0 Å². The molecule has 0 saturated carbocycles. The molecule has 2 heteroatoms. The monoisotopic (exact) mass is 154 g/mol. The lowest BCUT2D eigenvalue weighted by Gasteiger charge is -1.87. The lowest BCUT2D eigenvalue weighted by molar-refractivity contribution is 0.858. The molecule has 0 unspecified atom stereocenters. The topological polar surface area (TPSA) is 17.8 Å². The van der Waals surface area contributed by atoms with Crippen molar-refractivity contribution in [1.29, 1.82) is 0 Å². The van der Waals surface area contributed by atoms with Gasteiger partial charge in [-0.05, 0) is 13.3 Å². The molecule has 1 aromatic rings. The van der Waals surface area contributed by atoms with Crippen molar-refractivity contribution in [1.82, 2.24) is 9.55 Å². The summed E-state index contributed by atoms with van der Waals surface area (Å²) in [5, 5.41) is 0. The van der Waals surface area contributed by atoms with Crippen LogP contribution in [0.4, 0.5) is 0 Å². The van der Waals surface area contributed by atoms with Gasteiger partial charge in [-0.3, -0.25) is 0 Å². The summed E-state index contributed by atoms with van der Waals surface area (Å²) in [5.74, 6) is 1.09. The lowest BCUT2D eigenvalue weighted by Crippen LogP contribution is -1.86. The first kappa shape index (κ1) is 10.2. The van der Waals surface area contributed by atoms with Crippen LogP contribution >= 0.6 is 0 Å². The standard InChI is InChI=1S/C7H12N2.C2H6/c1-4-7-5-9(3)6(2)8-7;1-2/h5H,4H2,1-3H3;1-2H3. The molecule has 0 bridgehead atoms. The van der Waals surface area contributed by atoms with Crippen molar-refractivity contribution in [2.24, 2.45) is 7.05 Å². The van der Waals surface area contributed by atoms with Gasteiger partial charge in [-0.2, -0.15) is 0 Å². The van der Waals surface area contributed by atoms with E-state index in [1.807, 2.05) is 32.4 Å². The Kier molecular flexibility index (Phi) is 4.59. The van der Waals surface area contributed by atoms with E-state index in [9.17, 15) is 0 Å². The molecule has 0 aliphatic heterocycles. The third-order valence-electron chi connectivity index (χ3n) is 1.52. The Morgan fingerprint density at radius 2 is 2.00 bits per heavy atom. The molecule has 0 saturated heterocycles. The molecule has 0 atom stereocenters. The van der Waals surface area contributed by atoms with Crippen molar-refractivity contribution >= 4 is 0 Å². The molecule has 1 rings (SSSR count). The SMILES string of the molecule is CC.CCc1cn(C)c(C)n1. The average Bonchev–Trinajstić information content (AvgIpc) is 2.36. The number of aromatic nitrogens is 2. The first-order valence-corrected chi connectivity index (χ1v) is 4.23. The number of aryl methyl sites for hydroxylation is 3. The Labute approximate surface area is 69.3 Å². The predicted octanol–water partition coefficient (Wildman–Crippen LogP) is 2.32. The van der Waals surface area contributed by atoms with Gasteiger partial charge in [0.25, 0.3) is 0 Å². The highest BCUT2D eigenvalue weighted by Gasteiger charge is 1.95. The van der Waals surface area contributed by atoms with Crippen LogP contribution in [0.3, 0.4) is 0 Å².